The van der Waals surface area contributed by atoms with Crippen molar-refractivity contribution >= 4 is 44.8 Å². The van der Waals surface area contributed by atoms with Gasteiger partial charge in [-0.3, -0.25) is 4.79 Å². The third-order valence-electron chi connectivity index (χ3n) is 2.77. The van der Waals surface area contributed by atoms with E-state index in [2.05, 4.69) is 5.32 Å². The van der Waals surface area contributed by atoms with E-state index in [-0.39, 0.29) is 28.4 Å². The second-order valence-corrected chi connectivity index (χ2v) is 8.34. The summed E-state index contributed by atoms with van der Waals surface area (Å²) >= 11 is 7.15. The van der Waals surface area contributed by atoms with Crippen molar-refractivity contribution in [1.82, 2.24) is 0 Å². The monoisotopic (exact) mass is 319 g/mol. The van der Waals surface area contributed by atoms with Crippen LogP contribution < -0.4 is 5.32 Å². The van der Waals surface area contributed by atoms with Gasteiger partial charge < -0.3 is 5.32 Å². The Hall–Kier alpha value is -0.720. The fourth-order valence-electron chi connectivity index (χ4n) is 1.82. The van der Waals surface area contributed by atoms with Crippen molar-refractivity contribution in [3.63, 3.8) is 0 Å². The molecule has 1 N–H and O–H groups in total. The summed E-state index contributed by atoms with van der Waals surface area (Å²) in [6.45, 7) is 0. The molecule has 1 heterocycles. The van der Waals surface area contributed by atoms with E-state index in [4.69, 9.17) is 11.6 Å². The number of anilines is 1. The Balaban J connectivity index is 1.78. The molecule has 1 unspecified atom stereocenters. The molecule has 0 bridgehead atoms. The van der Waals surface area contributed by atoms with Gasteiger partial charge in [0, 0.05) is 16.0 Å². The van der Waals surface area contributed by atoms with E-state index < -0.39 is 9.84 Å². The maximum absolute atomic E-state index is 11.7. The van der Waals surface area contributed by atoms with Gasteiger partial charge in [-0.2, -0.15) is 0 Å². The molecule has 4 nitrogen and oxygen atoms in total. The van der Waals surface area contributed by atoms with Crippen LogP contribution in [-0.4, -0.2) is 36.8 Å². The summed E-state index contributed by atoms with van der Waals surface area (Å²) in [4.78, 5) is 11.7. The number of benzene rings is 1. The Labute approximate surface area is 121 Å². The van der Waals surface area contributed by atoms with E-state index in [1.807, 2.05) is 0 Å². The number of amides is 1. The van der Waals surface area contributed by atoms with E-state index in [1.54, 1.807) is 24.3 Å². The molecule has 0 saturated carbocycles. The highest BCUT2D eigenvalue weighted by Crippen LogP contribution is 2.24. The number of hydrogen-bond donors (Lipinski definition) is 1. The third kappa shape index (κ3) is 4.71. The van der Waals surface area contributed by atoms with E-state index >= 15 is 0 Å². The molecule has 1 aromatic rings. The first-order chi connectivity index (χ1) is 8.94. The molecule has 7 heteroatoms. The van der Waals surface area contributed by atoms with E-state index in [1.165, 1.54) is 11.8 Å². The molecule has 19 heavy (non-hydrogen) atoms. The van der Waals surface area contributed by atoms with Gasteiger partial charge in [0.25, 0.3) is 0 Å². The molecule has 1 atom stereocenters. The highest BCUT2D eigenvalue weighted by molar-refractivity contribution is 8.02. The van der Waals surface area contributed by atoms with Gasteiger partial charge in [-0.05, 0) is 30.7 Å². The largest absolute Gasteiger partial charge is 0.325 e. The minimum absolute atomic E-state index is 0.0426. The van der Waals surface area contributed by atoms with Crippen LogP contribution in [-0.2, 0) is 14.6 Å². The molecule has 1 saturated heterocycles. The SMILES string of the molecule is O=C(CSC1CCS(=O)(=O)C1)Nc1ccc(Cl)cc1. The lowest BCUT2D eigenvalue weighted by atomic mass is 10.3. The van der Waals surface area contributed by atoms with Crippen LogP contribution in [0.15, 0.2) is 24.3 Å². The summed E-state index contributed by atoms with van der Waals surface area (Å²) in [5, 5.41) is 3.40. The van der Waals surface area contributed by atoms with Crippen molar-refractivity contribution in [2.24, 2.45) is 0 Å². The van der Waals surface area contributed by atoms with E-state index in [9.17, 15) is 13.2 Å². The standard InChI is InChI=1S/C12H14ClNO3S2/c13-9-1-3-10(4-2-9)14-12(15)7-18-11-5-6-19(16,17)8-11/h1-4,11H,5-8H2,(H,14,15). The number of carbonyl (C=O) groups is 1. The molecule has 0 aromatic heterocycles. The van der Waals surface area contributed by atoms with Gasteiger partial charge in [-0.25, -0.2) is 8.42 Å². The quantitative estimate of drug-likeness (QED) is 0.924. The van der Waals surface area contributed by atoms with E-state index in [0.717, 1.165) is 0 Å². The Kier molecular flexibility index (Phi) is 4.76. The number of hydrogen-bond acceptors (Lipinski definition) is 4. The number of halogens is 1. The molecule has 1 aliphatic heterocycles. The van der Waals surface area contributed by atoms with Gasteiger partial charge in [0.15, 0.2) is 9.84 Å². The summed E-state index contributed by atoms with van der Waals surface area (Å²) in [6.07, 6.45) is 0.640. The zero-order valence-electron chi connectivity index (χ0n) is 10.1. The lowest BCUT2D eigenvalue weighted by Crippen LogP contribution is -2.17. The lowest BCUT2D eigenvalue weighted by Gasteiger charge is -2.08. The topological polar surface area (TPSA) is 63.2 Å². The lowest BCUT2D eigenvalue weighted by molar-refractivity contribution is -0.113. The average Bonchev–Trinajstić information content (AvgIpc) is 2.69. The summed E-state index contributed by atoms with van der Waals surface area (Å²) in [7, 11) is -2.87. The molecule has 0 radical (unpaired) electrons. The van der Waals surface area contributed by atoms with Gasteiger partial charge in [-0.1, -0.05) is 11.6 Å². The van der Waals surface area contributed by atoms with Gasteiger partial charge in [0.05, 0.1) is 17.3 Å². The fourth-order valence-corrected chi connectivity index (χ4v) is 5.39. The average molecular weight is 320 g/mol. The Bertz CT molecular complexity index is 557. The molecule has 1 aliphatic rings. The van der Waals surface area contributed by atoms with Crippen molar-refractivity contribution in [1.29, 1.82) is 0 Å². The van der Waals surface area contributed by atoms with Crippen LogP contribution >= 0.6 is 23.4 Å². The fraction of sp³-hybridized carbons (Fsp3) is 0.417. The summed E-state index contributed by atoms with van der Waals surface area (Å²) < 4.78 is 22.6. The summed E-state index contributed by atoms with van der Waals surface area (Å²) in [6, 6.07) is 6.86. The van der Waals surface area contributed by atoms with E-state index in [0.29, 0.717) is 17.1 Å². The molecule has 0 spiro atoms. The molecule has 2 rings (SSSR count). The van der Waals surface area contributed by atoms with Crippen LogP contribution in [0.1, 0.15) is 6.42 Å². The molecule has 1 fully saturated rings. The maximum atomic E-state index is 11.7. The van der Waals surface area contributed by atoms with Crippen molar-refractivity contribution in [2.75, 3.05) is 22.6 Å². The van der Waals surface area contributed by atoms with Gasteiger partial charge in [0.2, 0.25) is 5.91 Å². The zero-order chi connectivity index (χ0) is 13.9. The van der Waals surface area contributed by atoms with Crippen molar-refractivity contribution in [3.05, 3.63) is 29.3 Å². The molecule has 1 aromatic carbocycles. The number of nitrogens with one attached hydrogen (secondary N) is 1. The first kappa shape index (κ1) is 14.7. The number of sulfone groups is 1. The predicted molar refractivity (Wildman–Crippen MR) is 79.6 cm³/mol. The van der Waals surface area contributed by atoms with Gasteiger partial charge >= 0.3 is 0 Å². The van der Waals surface area contributed by atoms with Crippen molar-refractivity contribution in [2.45, 2.75) is 11.7 Å². The van der Waals surface area contributed by atoms with Crippen molar-refractivity contribution < 1.29 is 13.2 Å². The highest BCUT2D eigenvalue weighted by Gasteiger charge is 2.28. The maximum Gasteiger partial charge on any atom is 0.234 e. The van der Waals surface area contributed by atoms with Crippen LogP contribution in [0.25, 0.3) is 0 Å². The third-order valence-corrected chi connectivity index (χ3v) is 6.30. The normalized spacial score (nSPS) is 21.2. The van der Waals surface area contributed by atoms with Crippen LogP contribution in [0.5, 0.6) is 0 Å². The number of thioether (sulfide) groups is 1. The number of rotatable bonds is 4. The van der Waals surface area contributed by atoms with Crippen LogP contribution in [0.3, 0.4) is 0 Å². The van der Waals surface area contributed by atoms with Crippen LogP contribution in [0.2, 0.25) is 5.02 Å². The smallest absolute Gasteiger partial charge is 0.234 e. The second-order valence-electron chi connectivity index (χ2n) is 4.39. The van der Waals surface area contributed by atoms with Gasteiger partial charge in [0.1, 0.15) is 0 Å². The first-order valence-corrected chi connectivity index (χ1v) is 9.07. The molecular weight excluding hydrogens is 306 g/mol. The predicted octanol–water partition coefficient (Wildman–Crippen LogP) is 2.20. The van der Waals surface area contributed by atoms with Crippen LogP contribution in [0.4, 0.5) is 5.69 Å². The highest BCUT2D eigenvalue weighted by atomic mass is 35.5. The minimum Gasteiger partial charge on any atom is -0.325 e. The van der Waals surface area contributed by atoms with Crippen molar-refractivity contribution in [3.8, 4) is 0 Å². The molecule has 0 aliphatic carbocycles. The summed E-state index contributed by atoms with van der Waals surface area (Å²) in [5.74, 6) is 0.565. The molecular formula is C12H14ClNO3S2. The Morgan fingerprint density at radius 3 is 2.63 bits per heavy atom. The Morgan fingerprint density at radius 1 is 1.37 bits per heavy atom. The minimum atomic E-state index is -2.87. The first-order valence-electron chi connectivity index (χ1n) is 5.82. The number of carbonyl (C=O) groups excluding carboxylic acids is 1. The molecule has 1 amide bonds. The zero-order valence-corrected chi connectivity index (χ0v) is 12.5. The van der Waals surface area contributed by atoms with Gasteiger partial charge in [-0.15, -0.1) is 11.8 Å². The van der Waals surface area contributed by atoms with Crippen LogP contribution in [0, 0.1) is 0 Å². The second kappa shape index (κ2) is 6.15. The Morgan fingerprint density at radius 2 is 2.05 bits per heavy atom. The molecule has 104 valence electrons. The summed E-state index contributed by atoms with van der Waals surface area (Å²) in [5.41, 5.74) is 0.689.